The van der Waals surface area contributed by atoms with Crippen LogP contribution in [0.2, 0.25) is 0 Å². The van der Waals surface area contributed by atoms with Crippen LogP contribution in [0.3, 0.4) is 0 Å². The summed E-state index contributed by atoms with van der Waals surface area (Å²) in [5.74, 6) is 0. The molecule has 0 aromatic carbocycles. The summed E-state index contributed by atoms with van der Waals surface area (Å²) in [5, 5.41) is 11.3. The first-order valence-corrected chi connectivity index (χ1v) is 2.04. The number of hydrogen-bond acceptors (Lipinski definition) is 3. The van der Waals surface area contributed by atoms with Crippen LogP contribution in [0.1, 0.15) is 6.92 Å². The van der Waals surface area contributed by atoms with Crippen LogP contribution in [-0.4, -0.2) is 24.5 Å². The second-order valence-corrected chi connectivity index (χ2v) is 1.23. The topological polar surface area (TPSA) is 41.8 Å². The summed E-state index contributed by atoms with van der Waals surface area (Å²) in [4.78, 5) is 4.45. The Morgan fingerprint density at radius 3 is 2.71 bits per heavy atom. The molecule has 0 aliphatic heterocycles. The van der Waals surface area contributed by atoms with E-state index >= 15 is 0 Å². The third-order valence-electron chi connectivity index (χ3n) is 0.512. The molecule has 0 amide bonds. The van der Waals surface area contributed by atoms with Gasteiger partial charge in [-0.05, 0) is 6.92 Å². The van der Waals surface area contributed by atoms with Crippen LogP contribution < -0.4 is 0 Å². The lowest BCUT2D eigenvalue weighted by Crippen LogP contribution is -2.08. The molecule has 3 nitrogen and oxygen atoms in total. The van der Waals surface area contributed by atoms with Gasteiger partial charge in [-0.3, -0.25) is 0 Å². The van der Waals surface area contributed by atoms with E-state index in [9.17, 15) is 0 Å². The Bertz CT molecular complexity index is 55.7. The van der Waals surface area contributed by atoms with Crippen LogP contribution in [0.5, 0.6) is 0 Å². The van der Waals surface area contributed by atoms with Gasteiger partial charge in [-0.1, -0.05) is 0 Å². The molecule has 0 spiro atoms. The van der Waals surface area contributed by atoms with Crippen molar-refractivity contribution in [2.75, 3.05) is 6.61 Å². The number of aliphatic hydroxyl groups excluding tert-OH is 1. The standard InChI is InChI=1S/C4H9NO2/c1-4(3-6)7-5-2/h4,6H,2-3H2,1H3. The fourth-order valence-corrected chi connectivity index (χ4v) is 0.161. The molecule has 1 unspecified atom stereocenters. The molecule has 1 N–H and O–H groups in total. The highest BCUT2D eigenvalue weighted by Gasteiger charge is 1.93. The molecule has 0 aromatic heterocycles. The molecule has 1 atom stereocenters. The molecule has 0 fully saturated rings. The first-order valence-electron chi connectivity index (χ1n) is 2.04. The molecule has 42 valence electrons. The summed E-state index contributed by atoms with van der Waals surface area (Å²) < 4.78 is 0. The van der Waals surface area contributed by atoms with E-state index in [4.69, 9.17) is 5.11 Å². The summed E-state index contributed by atoms with van der Waals surface area (Å²) in [6.45, 7) is 4.75. The first-order chi connectivity index (χ1) is 3.31. The van der Waals surface area contributed by atoms with Gasteiger partial charge in [0.25, 0.3) is 0 Å². The molecule has 7 heavy (non-hydrogen) atoms. The highest BCUT2D eigenvalue weighted by molar-refractivity contribution is 5.21. The monoisotopic (exact) mass is 103 g/mol. The fraction of sp³-hybridized carbons (Fsp3) is 0.750. The number of aliphatic hydroxyl groups is 1. The minimum Gasteiger partial charge on any atom is -0.392 e. The maximum absolute atomic E-state index is 8.25. The Kier molecular flexibility index (Phi) is 3.32. The van der Waals surface area contributed by atoms with Crippen LogP contribution in [-0.2, 0) is 4.84 Å². The van der Waals surface area contributed by atoms with E-state index in [1.165, 1.54) is 0 Å². The third kappa shape index (κ3) is 3.26. The summed E-state index contributed by atoms with van der Waals surface area (Å²) in [6.07, 6.45) is -0.225. The zero-order chi connectivity index (χ0) is 5.70. The lowest BCUT2D eigenvalue weighted by molar-refractivity contribution is 0.0306. The first kappa shape index (κ1) is 6.43. The zero-order valence-corrected chi connectivity index (χ0v) is 4.29. The van der Waals surface area contributed by atoms with Crippen molar-refractivity contribution in [2.45, 2.75) is 13.0 Å². The Hall–Kier alpha value is -0.570. The molecule has 0 rings (SSSR count). The fourth-order valence-electron chi connectivity index (χ4n) is 0.161. The average molecular weight is 103 g/mol. The van der Waals surface area contributed by atoms with Crippen molar-refractivity contribution in [2.24, 2.45) is 5.16 Å². The largest absolute Gasteiger partial charge is 0.392 e. The quantitative estimate of drug-likeness (QED) is 0.403. The number of oxime groups is 1. The highest BCUT2D eigenvalue weighted by atomic mass is 16.6. The van der Waals surface area contributed by atoms with Gasteiger partial charge >= 0.3 is 0 Å². The van der Waals surface area contributed by atoms with E-state index in [-0.39, 0.29) is 12.7 Å². The van der Waals surface area contributed by atoms with E-state index < -0.39 is 0 Å². The molecule has 0 aliphatic rings. The van der Waals surface area contributed by atoms with Crippen molar-refractivity contribution in [3.8, 4) is 0 Å². The van der Waals surface area contributed by atoms with Gasteiger partial charge < -0.3 is 9.94 Å². The van der Waals surface area contributed by atoms with Gasteiger partial charge in [0.05, 0.1) is 6.61 Å². The molecule has 0 saturated heterocycles. The number of rotatable bonds is 3. The van der Waals surface area contributed by atoms with Crippen molar-refractivity contribution in [3.63, 3.8) is 0 Å². The van der Waals surface area contributed by atoms with Gasteiger partial charge in [0.1, 0.15) is 6.10 Å². The lowest BCUT2D eigenvalue weighted by atomic mass is 10.5. The Morgan fingerprint density at radius 2 is 2.57 bits per heavy atom. The smallest absolute Gasteiger partial charge is 0.147 e. The van der Waals surface area contributed by atoms with Gasteiger partial charge in [-0.15, -0.1) is 5.16 Å². The highest BCUT2D eigenvalue weighted by Crippen LogP contribution is 1.85. The van der Waals surface area contributed by atoms with Crippen molar-refractivity contribution in [1.82, 2.24) is 0 Å². The minimum atomic E-state index is -0.225. The predicted molar refractivity (Wildman–Crippen MR) is 27.2 cm³/mol. The maximum Gasteiger partial charge on any atom is 0.147 e. The van der Waals surface area contributed by atoms with Crippen molar-refractivity contribution < 1.29 is 9.94 Å². The van der Waals surface area contributed by atoms with Crippen molar-refractivity contribution in [1.29, 1.82) is 0 Å². The third-order valence-corrected chi connectivity index (χ3v) is 0.512. The van der Waals surface area contributed by atoms with Crippen LogP contribution in [0.15, 0.2) is 5.16 Å². The summed E-state index contributed by atoms with van der Waals surface area (Å²) in [7, 11) is 0. The molecule has 0 radical (unpaired) electrons. The molecule has 0 aromatic rings. The maximum atomic E-state index is 8.25. The second-order valence-electron chi connectivity index (χ2n) is 1.23. The lowest BCUT2D eigenvalue weighted by Gasteiger charge is -2.01. The minimum absolute atomic E-state index is 0.0149. The summed E-state index contributed by atoms with van der Waals surface area (Å²) in [5.41, 5.74) is 0. The molecule has 0 bridgehead atoms. The van der Waals surface area contributed by atoms with Gasteiger partial charge in [0, 0.05) is 6.72 Å². The van der Waals surface area contributed by atoms with Gasteiger partial charge in [-0.25, -0.2) is 0 Å². The Balaban J connectivity index is 2.98. The average Bonchev–Trinajstić information content (AvgIpc) is 1.68. The van der Waals surface area contributed by atoms with Crippen LogP contribution in [0.25, 0.3) is 0 Å². The zero-order valence-electron chi connectivity index (χ0n) is 4.29. The van der Waals surface area contributed by atoms with E-state index in [1.54, 1.807) is 6.92 Å². The molecule has 0 heterocycles. The molecule has 3 heteroatoms. The van der Waals surface area contributed by atoms with E-state index in [0.29, 0.717) is 0 Å². The summed E-state index contributed by atoms with van der Waals surface area (Å²) >= 11 is 0. The molecular formula is C4H9NO2. The van der Waals surface area contributed by atoms with Crippen molar-refractivity contribution in [3.05, 3.63) is 0 Å². The second kappa shape index (κ2) is 3.61. The Labute approximate surface area is 42.6 Å². The van der Waals surface area contributed by atoms with E-state index in [2.05, 4.69) is 16.7 Å². The molecule has 0 saturated carbocycles. The molecule has 0 aliphatic carbocycles. The van der Waals surface area contributed by atoms with Crippen LogP contribution in [0, 0.1) is 0 Å². The Morgan fingerprint density at radius 1 is 2.00 bits per heavy atom. The van der Waals surface area contributed by atoms with Gasteiger partial charge in [0.15, 0.2) is 0 Å². The van der Waals surface area contributed by atoms with E-state index in [1.807, 2.05) is 0 Å². The van der Waals surface area contributed by atoms with Crippen LogP contribution >= 0.6 is 0 Å². The predicted octanol–water partition coefficient (Wildman–Crippen LogP) is -0.000600. The van der Waals surface area contributed by atoms with Crippen molar-refractivity contribution >= 4 is 6.72 Å². The number of hydrogen-bond donors (Lipinski definition) is 1. The summed E-state index contributed by atoms with van der Waals surface area (Å²) in [6, 6.07) is 0. The van der Waals surface area contributed by atoms with Crippen LogP contribution in [0.4, 0.5) is 0 Å². The normalized spacial score (nSPS) is 12.9. The van der Waals surface area contributed by atoms with Gasteiger partial charge in [0.2, 0.25) is 0 Å². The number of nitrogens with zero attached hydrogens (tertiary/aromatic N) is 1. The SMILES string of the molecule is C=NOC(C)CO. The van der Waals surface area contributed by atoms with E-state index in [0.717, 1.165) is 0 Å². The molecular weight excluding hydrogens is 94.0 g/mol. The van der Waals surface area contributed by atoms with Gasteiger partial charge in [-0.2, -0.15) is 0 Å².